The van der Waals surface area contributed by atoms with Crippen LogP contribution >= 0.6 is 11.3 Å². The number of hydrogen-bond donors (Lipinski definition) is 1. The number of fused-ring (bicyclic) bond motifs is 1. The van der Waals surface area contributed by atoms with E-state index in [1.165, 1.54) is 4.70 Å². The van der Waals surface area contributed by atoms with Gasteiger partial charge in [-0.15, -0.1) is 11.3 Å². The van der Waals surface area contributed by atoms with Crippen molar-refractivity contribution >= 4 is 33.4 Å². The molecule has 0 unspecified atom stereocenters. The van der Waals surface area contributed by atoms with Gasteiger partial charge in [0.05, 0.1) is 21.8 Å². The third kappa shape index (κ3) is 6.37. The van der Waals surface area contributed by atoms with Gasteiger partial charge in [0, 0.05) is 39.1 Å². The smallest absolute Gasteiger partial charge is 0.234 e. The summed E-state index contributed by atoms with van der Waals surface area (Å²) in [5, 5.41) is 4.12. The van der Waals surface area contributed by atoms with E-state index in [0.717, 1.165) is 48.4 Å². The van der Waals surface area contributed by atoms with Crippen LogP contribution in [0.5, 0.6) is 0 Å². The molecule has 32 heavy (non-hydrogen) atoms. The number of benzene rings is 2. The molecule has 6 nitrogen and oxygen atoms in total. The van der Waals surface area contributed by atoms with Gasteiger partial charge < -0.3 is 10.2 Å². The van der Waals surface area contributed by atoms with Crippen molar-refractivity contribution in [1.82, 2.24) is 20.1 Å². The largest absolute Gasteiger partial charge is 0.351 e. The summed E-state index contributed by atoms with van der Waals surface area (Å²) in [6.45, 7) is 3.82. The fourth-order valence-electron chi connectivity index (χ4n) is 3.95. The third-order valence-electron chi connectivity index (χ3n) is 5.79. The number of nitrogens with zero attached hydrogens (tertiary/aromatic N) is 3. The van der Waals surface area contributed by atoms with Gasteiger partial charge in [0.2, 0.25) is 11.8 Å². The Hall–Kier alpha value is -2.77. The van der Waals surface area contributed by atoms with Gasteiger partial charge in [-0.2, -0.15) is 0 Å². The van der Waals surface area contributed by atoms with Crippen LogP contribution in [0.15, 0.2) is 54.6 Å². The Kier molecular flexibility index (Phi) is 7.85. The Morgan fingerprint density at radius 1 is 0.938 bits per heavy atom. The van der Waals surface area contributed by atoms with Gasteiger partial charge in [-0.25, -0.2) is 4.98 Å². The summed E-state index contributed by atoms with van der Waals surface area (Å²) in [4.78, 5) is 33.5. The molecule has 2 amide bonds. The lowest BCUT2D eigenvalue weighted by Crippen LogP contribution is -2.51. The molecule has 1 fully saturated rings. The number of carbonyl (C=O) groups is 2. The first-order valence-corrected chi connectivity index (χ1v) is 12.1. The zero-order valence-electron chi connectivity index (χ0n) is 18.3. The van der Waals surface area contributed by atoms with Crippen LogP contribution in [-0.4, -0.2) is 59.3 Å². The minimum atomic E-state index is 0.0310. The number of hydrogen-bond acceptors (Lipinski definition) is 5. The second-order valence-corrected chi connectivity index (χ2v) is 9.32. The molecule has 1 aromatic heterocycles. The Morgan fingerprint density at radius 3 is 2.47 bits per heavy atom. The summed E-state index contributed by atoms with van der Waals surface area (Å²) in [5.74, 6) is 0.256. The number of nitrogens with one attached hydrogen (secondary N) is 1. The van der Waals surface area contributed by atoms with Crippen molar-refractivity contribution in [3.63, 3.8) is 0 Å². The summed E-state index contributed by atoms with van der Waals surface area (Å²) in [6.07, 6.45) is 3.38. The predicted octanol–water partition coefficient (Wildman–Crippen LogP) is 3.47. The first-order chi connectivity index (χ1) is 15.7. The highest BCUT2D eigenvalue weighted by molar-refractivity contribution is 7.18. The number of para-hydroxylation sites is 1. The number of carbonyl (C=O) groups excluding carboxylic acids is 2. The average Bonchev–Trinajstić information content (AvgIpc) is 3.24. The molecule has 0 spiro atoms. The van der Waals surface area contributed by atoms with E-state index >= 15 is 0 Å². The molecule has 0 radical (unpaired) electrons. The molecular weight excluding hydrogens is 420 g/mol. The lowest BCUT2D eigenvalue weighted by Gasteiger charge is -2.34. The minimum Gasteiger partial charge on any atom is -0.351 e. The monoisotopic (exact) mass is 450 g/mol. The van der Waals surface area contributed by atoms with Crippen LogP contribution in [0, 0.1) is 0 Å². The number of aryl methyl sites for hydroxylation is 1. The van der Waals surface area contributed by atoms with E-state index in [1.807, 2.05) is 53.4 Å². The van der Waals surface area contributed by atoms with Gasteiger partial charge in [0.25, 0.3) is 0 Å². The molecule has 1 aliphatic rings. The van der Waals surface area contributed by atoms with Crippen LogP contribution in [0.1, 0.15) is 29.8 Å². The Bertz CT molecular complexity index is 996. The van der Waals surface area contributed by atoms with Crippen LogP contribution in [0.4, 0.5) is 0 Å². The maximum absolute atomic E-state index is 12.6. The number of thiazole rings is 1. The van der Waals surface area contributed by atoms with E-state index in [-0.39, 0.29) is 11.8 Å². The lowest BCUT2D eigenvalue weighted by molar-refractivity contribution is -0.133. The Balaban J connectivity index is 1.10. The Morgan fingerprint density at radius 2 is 1.69 bits per heavy atom. The highest BCUT2D eigenvalue weighted by Gasteiger charge is 2.22. The zero-order valence-corrected chi connectivity index (χ0v) is 19.2. The quantitative estimate of drug-likeness (QED) is 0.507. The van der Waals surface area contributed by atoms with E-state index in [9.17, 15) is 9.59 Å². The maximum Gasteiger partial charge on any atom is 0.234 e. The van der Waals surface area contributed by atoms with E-state index in [2.05, 4.69) is 21.3 Å². The SMILES string of the molecule is O=C(CN1CCN(C(=O)CCCCc2nc3ccccc3s2)CC1)NCc1ccccc1. The van der Waals surface area contributed by atoms with E-state index in [1.54, 1.807) is 11.3 Å². The first kappa shape index (κ1) is 22.4. The number of rotatable bonds is 9. The molecule has 0 aliphatic carbocycles. The summed E-state index contributed by atoms with van der Waals surface area (Å²) in [7, 11) is 0. The highest BCUT2D eigenvalue weighted by Crippen LogP contribution is 2.23. The lowest BCUT2D eigenvalue weighted by atomic mass is 10.1. The highest BCUT2D eigenvalue weighted by atomic mass is 32.1. The second-order valence-electron chi connectivity index (χ2n) is 8.20. The van der Waals surface area contributed by atoms with Crippen LogP contribution in [-0.2, 0) is 22.6 Å². The van der Waals surface area contributed by atoms with Crippen molar-refractivity contribution in [3.05, 3.63) is 65.2 Å². The van der Waals surface area contributed by atoms with Crippen molar-refractivity contribution in [1.29, 1.82) is 0 Å². The van der Waals surface area contributed by atoms with Gasteiger partial charge in [-0.05, 0) is 37.0 Å². The second kappa shape index (κ2) is 11.2. The van der Waals surface area contributed by atoms with Crippen LogP contribution < -0.4 is 5.32 Å². The van der Waals surface area contributed by atoms with Crippen LogP contribution in [0.3, 0.4) is 0 Å². The normalized spacial score (nSPS) is 14.6. The maximum atomic E-state index is 12.6. The topological polar surface area (TPSA) is 65.5 Å². The van der Waals surface area contributed by atoms with Gasteiger partial charge >= 0.3 is 0 Å². The number of amides is 2. The molecule has 0 bridgehead atoms. The zero-order chi connectivity index (χ0) is 22.2. The van der Waals surface area contributed by atoms with E-state index in [0.29, 0.717) is 32.6 Å². The molecule has 1 aliphatic heterocycles. The molecule has 3 aromatic rings. The average molecular weight is 451 g/mol. The molecule has 168 valence electrons. The predicted molar refractivity (Wildman–Crippen MR) is 128 cm³/mol. The van der Waals surface area contributed by atoms with Crippen molar-refractivity contribution < 1.29 is 9.59 Å². The van der Waals surface area contributed by atoms with Gasteiger partial charge in [0.1, 0.15) is 0 Å². The third-order valence-corrected chi connectivity index (χ3v) is 6.89. The number of aromatic nitrogens is 1. The summed E-state index contributed by atoms with van der Waals surface area (Å²) in [6, 6.07) is 18.1. The number of unbranched alkanes of at least 4 members (excludes halogenated alkanes) is 1. The van der Waals surface area contributed by atoms with Crippen molar-refractivity contribution in [3.8, 4) is 0 Å². The van der Waals surface area contributed by atoms with E-state index in [4.69, 9.17) is 0 Å². The van der Waals surface area contributed by atoms with Crippen molar-refractivity contribution in [2.75, 3.05) is 32.7 Å². The summed E-state index contributed by atoms with van der Waals surface area (Å²) < 4.78 is 1.23. The fraction of sp³-hybridized carbons (Fsp3) is 0.400. The molecule has 7 heteroatoms. The molecule has 0 atom stereocenters. The summed E-state index contributed by atoms with van der Waals surface area (Å²) >= 11 is 1.75. The first-order valence-electron chi connectivity index (χ1n) is 11.3. The van der Waals surface area contributed by atoms with Gasteiger partial charge in [-0.1, -0.05) is 42.5 Å². The molecule has 2 aromatic carbocycles. The standard InChI is InChI=1S/C25H30N4O2S/c30-23(26-18-20-8-2-1-3-9-20)19-28-14-16-29(17-15-28)25(31)13-7-6-12-24-27-21-10-4-5-11-22(21)32-24/h1-5,8-11H,6-7,12-19H2,(H,26,30). The Labute approximate surface area is 193 Å². The van der Waals surface area contributed by atoms with E-state index < -0.39 is 0 Å². The molecule has 4 rings (SSSR count). The fourth-order valence-corrected chi connectivity index (χ4v) is 4.96. The summed E-state index contributed by atoms with van der Waals surface area (Å²) in [5.41, 5.74) is 2.16. The van der Waals surface area contributed by atoms with Crippen molar-refractivity contribution in [2.45, 2.75) is 32.2 Å². The molecule has 0 saturated carbocycles. The number of piperazine rings is 1. The van der Waals surface area contributed by atoms with Crippen molar-refractivity contribution in [2.24, 2.45) is 0 Å². The molecule has 1 saturated heterocycles. The molecule has 1 N–H and O–H groups in total. The van der Waals surface area contributed by atoms with Crippen LogP contribution in [0.25, 0.3) is 10.2 Å². The molecular formula is C25H30N4O2S. The van der Waals surface area contributed by atoms with Gasteiger partial charge in [0.15, 0.2) is 0 Å². The minimum absolute atomic E-state index is 0.0310. The van der Waals surface area contributed by atoms with Crippen LogP contribution in [0.2, 0.25) is 0 Å². The molecule has 2 heterocycles. The van der Waals surface area contributed by atoms with Gasteiger partial charge in [-0.3, -0.25) is 14.5 Å².